The number of rotatable bonds is 3. The molecular weight excluding hydrogens is 365 g/mol. The van der Waals surface area contributed by atoms with Crippen LogP contribution < -0.4 is 5.48 Å². The summed E-state index contributed by atoms with van der Waals surface area (Å²) in [6, 6.07) is 5.79. The zero-order valence-electron chi connectivity index (χ0n) is 14.4. The highest BCUT2D eigenvalue weighted by atomic mass is 19.4. The molecule has 1 aliphatic rings. The first-order valence-electron chi connectivity index (χ1n) is 8.14. The Bertz CT molecular complexity index is 892. The van der Waals surface area contributed by atoms with Crippen LogP contribution in [0.15, 0.2) is 24.3 Å². The van der Waals surface area contributed by atoms with Crippen molar-refractivity contribution in [1.29, 1.82) is 0 Å². The third-order valence-corrected chi connectivity index (χ3v) is 4.49. The standard InChI is InChI=1S/C17H17F3N4O3/c1-10-6-14(17(18,19)20)21-24(10)9-15(25)23-5-4-11-7-12(16(26)22-27)2-3-13(11)8-23/h2-3,6-7,27H,4-5,8-9H2,1H3,(H,22,26). The molecule has 0 radical (unpaired) electrons. The van der Waals surface area contributed by atoms with Crippen LogP contribution >= 0.6 is 0 Å². The number of hydroxylamine groups is 1. The number of nitrogens with zero attached hydrogens (tertiary/aromatic N) is 3. The third-order valence-electron chi connectivity index (χ3n) is 4.49. The molecule has 7 nitrogen and oxygen atoms in total. The maximum atomic E-state index is 12.7. The smallest absolute Gasteiger partial charge is 0.336 e. The summed E-state index contributed by atoms with van der Waals surface area (Å²) in [6.45, 7) is 1.86. The molecule has 2 heterocycles. The highest BCUT2D eigenvalue weighted by Crippen LogP contribution is 2.28. The van der Waals surface area contributed by atoms with Crippen molar-refractivity contribution in [1.82, 2.24) is 20.2 Å². The maximum Gasteiger partial charge on any atom is 0.435 e. The second kappa shape index (κ2) is 7.03. The number of carbonyl (C=O) groups excluding carboxylic acids is 2. The lowest BCUT2D eigenvalue weighted by atomic mass is 9.97. The van der Waals surface area contributed by atoms with Gasteiger partial charge < -0.3 is 4.90 Å². The number of hydrogen-bond acceptors (Lipinski definition) is 4. The molecule has 2 N–H and O–H groups in total. The minimum Gasteiger partial charge on any atom is -0.336 e. The van der Waals surface area contributed by atoms with E-state index in [4.69, 9.17) is 5.21 Å². The summed E-state index contributed by atoms with van der Waals surface area (Å²) in [5.74, 6) is -0.955. The number of nitrogens with one attached hydrogen (secondary N) is 1. The Hall–Kier alpha value is -2.88. The Morgan fingerprint density at radius 3 is 2.63 bits per heavy atom. The summed E-state index contributed by atoms with van der Waals surface area (Å²) in [6.07, 6.45) is -4.05. The molecule has 10 heteroatoms. The van der Waals surface area contributed by atoms with Gasteiger partial charge in [-0.25, -0.2) is 5.48 Å². The summed E-state index contributed by atoms with van der Waals surface area (Å²) >= 11 is 0. The molecule has 0 spiro atoms. The number of alkyl halides is 3. The van der Waals surface area contributed by atoms with Crippen LogP contribution in [0.1, 0.15) is 32.9 Å². The molecule has 0 bridgehead atoms. The average Bonchev–Trinajstić information content (AvgIpc) is 3.01. The van der Waals surface area contributed by atoms with Gasteiger partial charge in [-0.1, -0.05) is 6.07 Å². The van der Waals surface area contributed by atoms with Crippen molar-refractivity contribution >= 4 is 11.8 Å². The minimum absolute atomic E-state index is 0.257. The minimum atomic E-state index is -4.55. The molecule has 27 heavy (non-hydrogen) atoms. The lowest BCUT2D eigenvalue weighted by Crippen LogP contribution is -2.38. The molecule has 3 rings (SSSR count). The highest BCUT2D eigenvalue weighted by Gasteiger charge is 2.34. The summed E-state index contributed by atoms with van der Waals surface area (Å²) in [4.78, 5) is 25.5. The normalized spacial score (nSPS) is 14.0. The van der Waals surface area contributed by atoms with Gasteiger partial charge in [0.05, 0.1) is 0 Å². The summed E-state index contributed by atoms with van der Waals surface area (Å²) in [5.41, 5.74) is 2.84. The van der Waals surface area contributed by atoms with E-state index >= 15 is 0 Å². The van der Waals surface area contributed by atoms with Crippen LogP contribution in [-0.2, 0) is 30.5 Å². The first-order chi connectivity index (χ1) is 12.7. The molecule has 0 unspecified atom stereocenters. The lowest BCUT2D eigenvalue weighted by Gasteiger charge is -2.29. The van der Waals surface area contributed by atoms with Crippen LogP contribution in [0, 0.1) is 6.92 Å². The van der Waals surface area contributed by atoms with Crippen molar-refractivity contribution in [2.45, 2.75) is 32.6 Å². The van der Waals surface area contributed by atoms with Gasteiger partial charge in [0, 0.05) is 24.3 Å². The molecule has 0 aliphatic carbocycles. The number of benzene rings is 1. The molecule has 0 saturated heterocycles. The number of hydrogen-bond donors (Lipinski definition) is 2. The maximum absolute atomic E-state index is 12.7. The monoisotopic (exact) mass is 382 g/mol. The summed E-state index contributed by atoms with van der Waals surface area (Å²) < 4.78 is 39.3. The van der Waals surface area contributed by atoms with Crippen LogP contribution in [0.25, 0.3) is 0 Å². The van der Waals surface area contributed by atoms with Gasteiger partial charge in [0.2, 0.25) is 5.91 Å². The van der Waals surface area contributed by atoms with Crippen molar-refractivity contribution in [2.75, 3.05) is 6.54 Å². The fourth-order valence-electron chi connectivity index (χ4n) is 3.01. The Labute approximate surface area is 152 Å². The fraction of sp³-hybridized carbons (Fsp3) is 0.353. The number of aryl methyl sites for hydroxylation is 1. The van der Waals surface area contributed by atoms with Gasteiger partial charge >= 0.3 is 6.18 Å². The Morgan fingerprint density at radius 1 is 1.26 bits per heavy atom. The van der Waals surface area contributed by atoms with E-state index in [0.29, 0.717) is 25.1 Å². The fourth-order valence-corrected chi connectivity index (χ4v) is 3.01. The molecule has 144 valence electrons. The Kier molecular flexibility index (Phi) is 4.92. The van der Waals surface area contributed by atoms with Crippen molar-refractivity contribution in [3.05, 3.63) is 52.3 Å². The first kappa shape index (κ1) is 18.9. The number of aromatic nitrogens is 2. The third kappa shape index (κ3) is 3.95. The number of fused-ring (bicyclic) bond motifs is 1. The van der Waals surface area contributed by atoms with Gasteiger partial charge in [-0.15, -0.1) is 0 Å². The van der Waals surface area contributed by atoms with Gasteiger partial charge in [0.15, 0.2) is 5.69 Å². The van der Waals surface area contributed by atoms with Crippen molar-refractivity contribution in [2.24, 2.45) is 0 Å². The molecule has 1 aromatic heterocycles. The number of halogens is 3. The van der Waals surface area contributed by atoms with E-state index in [-0.39, 0.29) is 18.1 Å². The average molecular weight is 382 g/mol. The molecular formula is C17H17F3N4O3. The van der Waals surface area contributed by atoms with Crippen LogP contribution in [0.5, 0.6) is 0 Å². The first-order valence-corrected chi connectivity index (χ1v) is 8.14. The van der Waals surface area contributed by atoms with E-state index in [1.807, 2.05) is 0 Å². The number of amides is 2. The van der Waals surface area contributed by atoms with Gasteiger partial charge in [0.25, 0.3) is 5.91 Å². The summed E-state index contributed by atoms with van der Waals surface area (Å²) in [5, 5.41) is 12.2. The zero-order chi connectivity index (χ0) is 19.8. The summed E-state index contributed by atoms with van der Waals surface area (Å²) in [7, 11) is 0. The van der Waals surface area contributed by atoms with Crippen LogP contribution in [0.2, 0.25) is 0 Å². The lowest BCUT2D eigenvalue weighted by molar-refractivity contribution is -0.142. The quantitative estimate of drug-likeness (QED) is 0.627. The van der Waals surface area contributed by atoms with Gasteiger partial charge in [-0.3, -0.25) is 19.5 Å². The van der Waals surface area contributed by atoms with E-state index < -0.39 is 17.8 Å². The Balaban J connectivity index is 1.71. The van der Waals surface area contributed by atoms with E-state index in [1.165, 1.54) is 13.0 Å². The van der Waals surface area contributed by atoms with Gasteiger partial charge in [-0.2, -0.15) is 18.3 Å². The second-order valence-electron chi connectivity index (χ2n) is 6.32. The van der Waals surface area contributed by atoms with E-state index in [9.17, 15) is 22.8 Å². The van der Waals surface area contributed by atoms with E-state index in [2.05, 4.69) is 5.10 Å². The second-order valence-corrected chi connectivity index (χ2v) is 6.32. The van der Waals surface area contributed by atoms with Crippen molar-refractivity contribution < 1.29 is 28.0 Å². The predicted octanol–water partition coefficient (Wildman–Crippen LogP) is 1.91. The van der Waals surface area contributed by atoms with Gasteiger partial charge in [0.1, 0.15) is 6.54 Å². The number of carbonyl (C=O) groups is 2. The van der Waals surface area contributed by atoms with Crippen molar-refractivity contribution in [3.63, 3.8) is 0 Å². The van der Waals surface area contributed by atoms with Crippen LogP contribution in [0.4, 0.5) is 13.2 Å². The molecule has 2 aromatic rings. The van der Waals surface area contributed by atoms with Crippen molar-refractivity contribution in [3.8, 4) is 0 Å². The van der Waals surface area contributed by atoms with Crippen LogP contribution in [0.3, 0.4) is 0 Å². The predicted molar refractivity (Wildman–Crippen MR) is 86.8 cm³/mol. The van der Waals surface area contributed by atoms with Crippen LogP contribution in [-0.4, -0.2) is 38.2 Å². The largest absolute Gasteiger partial charge is 0.435 e. The molecule has 1 aromatic carbocycles. The van der Waals surface area contributed by atoms with E-state index in [0.717, 1.165) is 21.9 Å². The van der Waals surface area contributed by atoms with E-state index in [1.54, 1.807) is 22.5 Å². The molecule has 2 amide bonds. The molecule has 1 aliphatic heterocycles. The van der Waals surface area contributed by atoms with Gasteiger partial charge in [-0.05, 0) is 42.7 Å². The molecule has 0 saturated carbocycles. The molecule has 0 atom stereocenters. The molecule has 0 fully saturated rings. The SMILES string of the molecule is Cc1cc(C(F)(F)F)nn1CC(=O)N1CCc2cc(C(=O)NO)ccc2C1. The zero-order valence-corrected chi connectivity index (χ0v) is 14.4. The topological polar surface area (TPSA) is 87.5 Å². The highest BCUT2D eigenvalue weighted by molar-refractivity contribution is 5.93. The Morgan fingerprint density at radius 2 is 2.00 bits per heavy atom.